The van der Waals surface area contributed by atoms with E-state index < -0.39 is 0 Å². The fourth-order valence-electron chi connectivity index (χ4n) is 3.71. The van der Waals surface area contributed by atoms with Gasteiger partial charge in [-0.15, -0.1) is 0 Å². The van der Waals surface area contributed by atoms with E-state index >= 15 is 0 Å². The summed E-state index contributed by atoms with van der Waals surface area (Å²) in [7, 11) is 1.71. The summed E-state index contributed by atoms with van der Waals surface area (Å²) < 4.78 is 46.5. The van der Waals surface area contributed by atoms with E-state index in [1.165, 1.54) is 12.8 Å². The third-order valence-electron chi connectivity index (χ3n) is 5.91. The Balaban J connectivity index is 0.000000236. The predicted molar refractivity (Wildman–Crippen MR) is 133 cm³/mol. The van der Waals surface area contributed by atoms with Gasteiger partial charge >= 0.3 is 0 Å². The van der Waals surface area contributed by atoms with Crippen LogP contribution in [-0.2, 0) is 42.6 Å². The molecule has 4 fully saturated rings. The molecule has 35 heavy (non-hydrogen) atoms. The number of unbranched alkanes of at least 4 members (excludes halogenated alkanes) is 1. The predicted octanol–water partition coefficient (Wildman–Crippen LogP) is 4.51. The zero-order chi connectivity index (χ0) is 25.6. The quantitative estimate of drug-likeness (QED) is 0.447. The van der Waals surface area contributed by atoms with Crippen molar-refractivity contribution >= 4 is 0 Å². The van der Waals surface area contributed by atoms with Crippen molar-refractivity contribution in [2.24, 2.45) is 5.41 Å². The van der Waals surface area contributed by atoms with E-state index in [-0.39, 0.29) is 24.3 Å². The van der Waals surface area contributed by atoms with Crippen molar-refractivity contribution in [3.63, 3.8) is 0 Å². The SMILES string of the molecule is CCC1(COC)COCOC1.CCC1OCCO1.CCCC1OCCO1.CCCCC1OCCO1. The molecule has 4 aliphatic heterocycles. The van der Waals surface area contributed by atoms with Gasteiger partial charge < -0.3 is 42.6 Å². The van der Waals surface area contributed by atoms with E-state index in [1.807, 2.05) is 0 Å². The molecular weight excluding hydrogens is 456 g/mol. The molecule has 4 saturated heterocycles. The van der Waals surface area contributed by atoms with Crippen LogP contribution in [-0.4, -0.2) is 92.2 Å². The van der Waals surface area contributed by atoms with E-state index in [4.69, 9.17) is 42.6 Å². The average molecular weight is 509 g/mol. The van der Waals surface area contributed by atoms with Gasteiger partial charge in [0.2, 0.25) is 0 Å². The first-order valence-corrected chi connectivity index (χ1v) is 13.5. The van der Waals surface area contributed by atoms with Crippen molar-refractivity contribution in [3.8, 4) is 0 Å². The fourth-order valence-corrected chi connectivity index (χ4v) is 3.71. The second-order valence-electron chi connectivity index (χ2n) is 8.95. The minimum atomic E-state index is 0.0972. The third kappa shape index (κ3) is 15.5. The average Bonchev–Trinajstić information content (AvgIpc) is 3.69. The van der Waals surface area contributed by atoms with Gasteiger partial charge in [0.05, 0.1) is 59.5 Å². The Bertz CT molecular complexity index is 437. The largest absolute Gasteiger partial charge is 0.384 e. The zero-order valence-corrected chi connectivity index (χ0v) is 22.9. The van der Waals surface area contributed by atoms with Gasteiger partial charge in [0.25, 0.3) is 0 Å². The van der Waals surface area contributed by atoms with E-state index in [1.54, 1.807) is 7.11 Å². The normalized spacial score (nSPS) is 22.5. The molecule has 4 heterocycles. The van der Waals surface area contributed by atoms with Crippen LogP contribution in [0.1, 0.15) is 72.6 Å². The summed E-state index contributed by atoms with van der Waals surface area (Å²) in [5.41, 5.74) is 0.104. The first-order chi connectivity index (χ1) is 17.1. The van der Waals surface area contributed by atoms with Gasteiger partial charge in [0.15, 0.2) is 18.9 Å². The van der Waals surface area contributed by atoms with Gasteiger partial charge in [0.1, 0.15) is 6.79 Å². The molecule has 9 nitrogen and oxygen atoms in total. The van der Waals surface area contributed by atoms with Crippen LogP contribution in [0.15, 0.2) is 0 Å². The Kier molecular flexibility index (Phi) is 20.3. The lowest BCUT2D eigenvalue weighted by molar-refractivity contribution is -0.179. The highest BCUT2D eigenvalue weighted by Crippen LogP contribution is 2.26. The van der Waals surface area contributed by atoms with Crippen molar-refractivity contribution in [2.45, 2.75) is 91.5 Å². The number of rotatable bonds is 9. The van der Waals surface area contributed by atoms with Crippen LogP contribution in [0.5, 0.6) is 0 Å². The summed E-state index contributed by atoms with van der Waals surface area (Å²) in [6.45, 7) is 15.9. The fraction of sp³-hybridized carbons (Fsp3) is 1.00. The second kappa shape index (κ2) is 21.7. The minimum Gasteiger partial charge on any atom is -0.384 e. The molecular formula is C26H52O9. The van der Waals surface area contributed by atoms with Crippen LogP contribution >= 0.6 is 0 Å². The zero-order valence-electron chi connectivity index (χ0n) is 22.9. The molecule has 0 aromatic carbocycles. The molecule has 0 unspecified atom stereocenters. The number of methoxy groups -OCH3 is 1. The molecule has 0 atom stereocenters. The third-order valence-corrected chi connectivity index (χ3v) is 5.91. The number of ether oxygens (including phenoxy) is 9. The molecule has 0 spiro atoms. The van der Waals surface area contributed by atoms with Gasteiger partial charge in [0, 0.05) is 12.5 Å². The lowest BCUT2D eigenvalue weighted by Crippen LogP contribution is -2.40. The van der Waals surface area contributed by atoms with Crippen molar-refractivity contribution in [2.75, 3.05) is 73.4 Å². The Morgan fingerprint density at radius 2 is 1.14 bits per heavy atom. The highest BCUT2D eigenvalue weighted by atomic mass is 16.7. The number of hydrogen-bond acceptors (Lipinski definition) is 9. The smallest absolute Gasteiger partial charge is 0.157 e. The summed E-state index contributed by atoms with van der Waals surface area (Å²) in [6, 6.07) is 0. The minimum absolute atomic E-state index is 0.0972. The summed E-state index contributed by atoms with van der Waals surface area (Å²) in [5, 5.41) is 0. The van der Waals surface area contributed by atoms with Gasteiger partial charge in [-0.2, -0.15) is 0 Å². The van der Waals surface area contributed by atoms with Crippen LogP contribution in [0.2, 0.25) is 0 Å². The molecule has 0 aliphatic carbocycles. The molecule has 0 amide bonds. The lowest BCUT2D eigenvalue weighted by Gasteiger charge is -2.34. The molecule has 0 radical (unpaired) electrons. The van der Waals surface area contributed by atoms with Crippen molar-refractivity contribution < 1.29 is 42.6 Å². The number of hydrogen-bond donors (Lipinski definition) is 0. The summed E-state index contributed by atoms with van der Waals surface area (Å²) >= 11 is 0. The maximum Gasteiger partial charge on any atom is 0.157 e. The van der Waals surface area contributed by atoms with Crippen LogP contribution in [0, 0.1) is 5.41 Å². The van der Waals surface area contributed by atoms with E-state index in [0.717, 1.165) is 91.6 Å². The van der Waals surface area contributed by atoms with E-state index in [2.05, 4.69) is 27.7 Å². The Labute approximate surface area is 213 Å². The maximum absolute atomic E-state index is 5.23. The standard InChI is InChI=1S/C8H16O3.C7H14O2.C6H12O2.C5H10O2/c1-3-8(4-9-2)5-10-7-11-6-8;1-2-3-4-7-8-5-6-9-7;1-2-3-6-7-4-5-8-6;1-2-5-6-3-4-7-5/h3-7H2,1-2H3;7H,2-6H2,1H3;6H,2-5H2,1H3;5H,2-4H2,1H3. The van der Waals surface area contributed by atoms with Crippen LogP contribution in [0.4, 0.5) is 0 Å². The Morgan fingerprint density at radius 1 is 0.657 bits per heavy atom. The first kappa shape index (κ1) is 32.7. The lowest BCUT2D eigenvalue weighted by atomic mass is 9.87. The highest BCUT2D eigenvalue weighted by Gasteiger charge is 2.31. The summed E-state index contributed by atoms with van der Waals surface area (Å²) in [4.78, 5) is 0. The first-order valence-electron chi connectivity index (χ1n) is 13.5. The van der Waals surface area contributed by atoms with Gasteiger partial charge in [-0.3, -0.25) is 0 Å². The van der Waals surface area contributed by atoms with Crippen molar-refractivity contribution in [1.82, 2.24) is 0 Å². The van der Waals surface area contributed by atoms with E-state index in [9.17, 15) is 0 Å². The van der Waals surface area contributed by atoms with Gasteiger partial charge in [-0.25, -0.2) is 0 Å². The summed E-state index contributed by atoms with van der Waals surface area (Å²) in [5.74, 6) is 0. The van der Waals surface area contributed by atoms with Crippen molar-refractivity contribution in [3.05, 3.63) is 0 Å². The Morgan fingerprint density at radius 3 is 1.51 bits per heavy atom. The molecule has 210 valence electrons. The van der Waals surface area contributed by atoms with Gasteiger partial charge in [-0.05, 0) is 32.1 Å². The second-order valence-corrected chi connectivity index (χ2v) is 8.95. The Hall–Kier alpha value is -0.360. The molecule has 0 bridgehead atoms. The van der Waals surface area contributed by atoms with Crippen LogP contribution in [0.3, 0.4) is 0 Å². The summed E-state index contributed by atoms with van der Waals surface area (Å²) in [6.07, 6.45) is 8.03. The van der Waals surface area contributed by atoms with Crippen molar-refractivity contribution in [1.29, 1.82) is 0 Å². The molecule has 4 aliphatic rings. The van der Waals surface area contributed by atoms with E-state index in [0.29, 0.717) is 6.79 Å². The van der Waals surface area contributed by atoms with Gasteiger partial charge in [-0.1, -0.05) is 40.5 Å². The van der Waals surface area contributed by atoms with Crippen LogP contribution < -0.4 is 0 Å². The topological polar surface area (TPSA) is 83.1 Å². The molecule has 0 N–H and O–H groups in total. The molecule has 0 saturated carbocycles. The molecule has 9 heteroatoms. The van der Waals surface area contributed by atoms with Crippen LogP contribution in [0.25, 0.3) is 0 Å². The highest BCUT2D eigenvalue weighted by molar-refractivity contribution is 4.78. The monoisotopic (exact) mass is 508 g/mol. The molecule has 4 rings (SSSR count). The molecule has 0 aromatic rings. The molecule has 0 aromatic heterocycles. The maximum atomic E-state index is 5.23.